The van der Waals surface area contributed by atoms with E-state index in [1.165, 1.54) is 22.3 Å². The van der Waals surface area contributed by atoms with E-state index in [0.29, 0.717) is 12.2 Å². The van der Waals surface area contributed by atoms with Crippen LogP contribution in [0.25, 0.3) is 11.1 Å². The molecule has 0 aromatic heterocycles. The van der Waals surface area contributed by atoms with E-state index in [1.807, 2.05) is 35.9 Å². The van der Waals surface area contributed by atoms with Crippen LogP contribution in [0.15, 0.2) is 66.7 Å². The molecule has 0 aliphatic carbocycles. The number of carbonyl (C=O) groups excluding carboxylic acids is 1. The van der Waals surface area contributed by atoms with E-state index in [-0.39, 0.29) is 0 Å². The number of amides is 1. The van der Waals surface area contributed by atoms with E-state index >= 15 is 0 Å². The Morgan fingerprint density at radius 2 is 1.69 bits per heavy atom. The Labute approximate surface area is 213 Å². The van der Waals surface area contributed by atoms with Gasteiger partial charge in [0.25, 0.3) is 5.91 Å². The summed E-state index contributed by atoms with van der Waals surface area (Å²) in [5, 5.41) is 0. The maximum Gasteiger partial charge on any atom is 0.264 e. The topological polar surface area (TPSA) is 79.0 Å². The first-order valence-electron chi connectivity index (χ1n) is 12.1. The summed E-state index contributed by atoms with van der Waals surface area (Å²) in [6, 6.07) is 22.0. The third-order valence-electron chi connectivity index (χ3n) is 6.30. The van der Waals surface area contributed by atoms with Gasteiger partial charge < -0.3 is 9.64 Å². The summed E-state index contributed by atoms with van der Waals surface area (Å²) in [5.41, 5.74) is 6.29. The van der Waals surface area contributed by atoms with Gasteiger partial charge in [0.1, 0.15) is 5.75 Å². The minimum atomic E-state index is -3.58. The maximum absolute atomic E-state index is 12.0. The van der Waals surface area contributed by atoms with Crippen molar-refractivity contribution in [1.29, 1.82) is 0 Å². The molecule has 8 heteroatoms. The number of nitrogens with zero attached hydrogens (tertiary/aromatic N) is 2. The molecule has 0 spiro atoms. The van der Waals surface area contributed by atoms with Crippen LogP contribution in [0.2, 0.25) is 0 Å². The molecule has 4 rings (SSSR count). The number of nitrogens with one attached hydrogen (secondary N) is 1. The second-order valence-electron chi connectivity index (χ2n) is 9.12. The van der Waals surface area contributed by atoms with Crippen molar-refractivity contribution < 1.29 is 17.9 Å². The van der Waals surface area contributed by atoms with Crippen molar-refractivity contribution in [2.45, 2.75) is 20.4 Å². The molecular formula is C28H33N3O4S. The molecule has 1 aliphatic rings. The van der Waals surface area contributed by atoms with Gasteiger partial charge in [0.05, 0.1) is 12.9 Å². The third kappa shape index (κ3) is 6.65. The first-order valence-corrected chi connectivity index (χ1v) is 14.0. The van der Waals surface area contributed by atoms with Gasteiger partial charge in [-0.2, -0.15) is 0 Å². The lowest BCUT2D eigenvalue weighted by atomic mass is 9.98. The molecule has 190 valence electrons. The van der Waals surface area contributed by atoms with Crippen LogP contribution in [0.3, 0.4) is 0 Å². The zero-order valence-corrected chi connectivity index (χ0v) is 21.8. The third-order valence-corrected chi connectivity index (χ3v) is 6.85. The minimum Gasteiger partial charge on any atom is -0.494 e. The quantitative estimate of drug-likeness (QED) is 0.495. The zero-order valence-electron chi connectivity index (χ0n) is 21.0. The van der Waals surface area contributed by atoms with Gasteiger partial charge in [0.15, 0.2) is 0 Å². The Morgan fingerprint density at radius 3 is 2.33 bits per heavy atom. The van der Waals surface area contributed by atoms with Crippen molar-refractivity contribution in [2.24, 2.45) is 0 Å². The molecule has 0 atom stereocenters. The molecule has 0 saturated carbocycles. The van der Waals surface area contributed by atoms with Gasteiger partial charge in [-0.1, -0.05) is 30.3 Å². The van der Waals surface area contributed by atoms with Gasteiger partial charge in [-0.05, 0) is 72.5 Å². The molecular weight excluding hydrogens is 474 g/mol. The molecule has 1 saturated heterocycles. The molecule has 0 unspecified atom stereocenters. The van der Waals surface area contributed by atoms with Gasteiger partial charge in [0.2, 0.25) is 10.0 Å². The number of ether oxygens (including phenoxy) is 1. The number of piperazine rings is 1. The fraction of sp³-hybridized carbons (Fsp3) is 0.321. The smallest absolute Gasteiger partial charge is 0.264 e. The second-order valence-corrected chi connectivity index (χ2v) is 10.9. The number of hydrogen-bond donors (Lipinski definition) is 1. The van der Waals surface area contributed by atoms with Crippen molar-refractivity contribution in [3.05, 3.63) is 83.4 Å². The van der Waals surface area contributed by atoms with Crippen LogP contribution in [0.1, 0.15) is 28.4 Å². The van der Waals surface area contributed by atoms with Crippen LogP contribution >= 0.6 is 0 Å². The summed E-state index contributed by atoms with van der Waals surface area (Å²) in [7, 11) is -3.58. The number of anilines is 1. The number of benzene rings is 3. The first kappa shape index (κ1) is 25.7. The predicted molar refractivity (Wildman–Crippen MR) is 144 cm³/mol. The maximum atomic E-state index is 12.0. The first-order chi connectivity index (χ1) is 17.2. The summed E-state index contributed by atoms with van der Waals surface area (Å²) in [4.78, 5) is 16.8. The average Bonchev–Trinajstić information content (AvgIpc) is 2.84. The molecule has 0 bridgehead atoms. The highest BCUT2D eigenvalue weighted by atomic mass is 32.2. The molecule has 0 radical (unpaired) electrons. The lowest BCUT2D eigenvalue weighted by Crippen LogP contribution is -2.46. The number of hydrogen-bond acceptors (Lipinski definition) is 6. The van der Waals surface area contributed by atoms with Crippen molar-refractivity contribution in [1.82, 2.24) is 9.62 Å². The fourth-order valence-corrected chi connectivity index (χ4v) is 5.00. The van der Waals surface area contributed by atoms with Gasteiger partial charge in [0, 0.05) is 44.0 Å². The zero-order chi connectivity index (χ0) is 25.7. The van der Waals surface area contributed by atoms with E-state index in [1.54, 1.807) is 12.1 Å². The summed E-state index contributed by atoms with van der Waals surface area (Å²) in [6.07, 6.45) is 0.968. The number of sulfonamides is 1. The van der Waals surface area contributed by atoms with Gasteiger partial charge in [-0.15, -0.1) is 0 Å². The van der Waals surface area contributed by atoms with Crippen LogP contribution in [0.5, 0.6) is 5.75 Å². The lowest BCUT2D eigenvalue weighted by Gasteiger charge is -2.36. The van der Waals surface area contributed by atoms with Crippen LogP contribution in [0.4, 0.5) is 5.69 Å². The number of rotatable bonds is 8. The van der Waals surface area contributed by atoms with Crippen LogP contribution in [0, 0.1) is 6.92 Å². The highest BCUT2D eigenvalue weighted by Gasteiger charge is 2.18. The van der Waals surface area contributed by atoms with Crippen LogP contribution in [-0.4, -0.2) is 58.3 Å². The van der Waals surface area contributed by atoms with Crippen molar-refractivity contribution in [2.75, 3.05) is 43.9 Å². The lowest BCUT2D eigenvalue weighted by molar-refractivity contribution is 0.0981. The average molecular weight is 508 g/mol. The van der Waals surface area contributed by atoms with E-state index in [0.717, 1.165) is 50.4 Å². The molecule has 1 amide bonds. The van der Waals surface area contributed by atoms with Gasteiger partial charge in [-0.25, -0.2) is 13.1 Å². The van der Waals surface area contributed by atoms with Crippen molar-refractivity contribution in [3.8, 4) is 16.9 Å². The standard InChI is InChI=1S/C28H33N3O4S/c1-4-35-26-7-5-6-24(19-26)27-13-8-22(18-21(27)2)20-30-14-16-31(17-15-30)25-11-9-23(10-12-25)28(32)29-36(3,33)34/h5-13,18-19H,4,14-17,20H2,1-3H3,(H,29,32). The summed E-state index contributed by atoms with van der Waals surface area (Å²) >= 11 is 0. The predicted octanol–water partition coefficient (Wildman–Crippen LogP) is 4.07. The Balaban J connectivity index is 1.33. The Bertz CT molecular complexity index is 1310. The largest absolute Gasteiger partial charge is 0.494 e. The van der Waals surface area contributed by atoms with Gasteiger partial charge >= 0.3 is 0 Å². The Hall–Kier alpha value is -3.36. The normalized spacial score (nSPS) is 14.5. The molecule has 1 aliphatic heterocycles. The monoisotopic (exact) mass is 507 g/mol. The molecule has 1 N–H and O–H groups in total. The van der Waals surface area contributed by atoms with E-state index in [4.69, 9.17) is 4.74 Å². The highest BCUT2D eigenvalue weighted by Crippen LogP contribution is 2.28. The van der Waals surface area contributed by atoms with Crippen molar-refractivity contribution in [3.63, 3.8) is 0 Å². The van der Waals surface area contributed by atoms with E-state index < -0.39 is 15.9 Å². The molecule has 36 heavy (non-hydrogen) atoms. The Kier molecular flexibility index (Phi) is 7.96. The minimum absolute atomic E-state index is 0.325. The van der Waals surface area contributed by atoms with Gasteiger partial charge in [-0.3, -0.25) is 9.69 Å². The van der Waals surface area contributed by atoms with E-state index in [9.17, 15) is 13.2 Å². The van der Waals surface area contributed by atoms with Crippen molar-refractivity contribution >= 4 is 21.6 Å². The summed E-state index contributed by atoms with van der Waals surface area (Å²) in [6.45, 7) is 9.35. The second kappa shape index (κ2) is 11.1. The highest BCUT2D eigenvalue weighted by molar-refractivity contribution is 7.89. The molecule has 1 heterocycles. The Morgan fingerprint density at radius 1 is 0.972 bits per heavy atom. The van der Waals surface area contributed by atoms with Crippen LogP contribution < -0.4 is 14.4 Å². The number of carbonyl (C=O) groups is 1. The molecule has 3 aromatic carbocycles. The van der Waals surface area contributed by atoms with Crippen LogP contribution in [-0.2, 0) is 16.6 Å². The molecule has 7 nitrogen and oxygen atoms in total. The fourth-order valence-electron chi connectivity index (χ4n) is 4.54. The summed E-state index contributed by atoms with van der Waals surface area (Å²) in [5.74, 6) is 0.278. The summed E-state index contributed by atoms with van der Waals surface area (Å²) < 4.78 is 30.2. The number of aryl methyl sites for hydroxylation is 1. The molecule has 1 fully saturated rings. The van der Waals surface area contributed by atoms with E-state index in [2.05, 4.69) is 47.1 Å². The SMILES string of the molecule is CCOc1cccc(-c2ccc(CN3CCN(c4ccc(C(=O)NS(C)(=O)=O)cc4)CC3)cc2C)c1. The molecule has 3 aromatic rings.